The predicted octanol–water partition coefficient (Wildman–Crippen LogP) is 1.23. The normalized spacial score (nSPS) is 11.6. The minimum absolute atomic E-state index is 0.00191. The quantitative estimate of drug-likeness (QED) is 0.870. The summed E-state index contributed by atoms with van der Waals surface area (Å²) in [5, 5.41) is 12.7. The number of rotatable bonds is 6. The van der Waals surface area contributed by atoms with E-state index in [1.165, 1.54) is 41.3 Å². The fourth-order valence-corrected chi connectivity index (χ4v) is 3.37. The van der Waals surface area contributed by atoms with E-state index >= 15 is 0 Å². The van der Waals surface area contributed by atoms with Gasteiger partial charge in [-0.3, -0.25) is 8.99 Å². The van der Waals surface area contributed by atoms with Crippen LogP contribution in [0.3, 0.4) is 0 Å². The second-order valence-corrected chi connectivity index (χ2v) is 6.17. The number of halogens is 1. The number of anilines is 1. The fraction of sp³-hybridized carbons (Fsp3) is 0.308. The molecular formula is C13H16FN3O3S. The molecule has 2 rings (SSSR count). The molecule has 1 N–H and O–H groups in total. The molecule has 0 spiro atoms. The first kappa shape index (κ1) is 15.5. The molecule has 1 aromatic heterocycles. The van der Waals surface area contributed by atoms with E-state index in [0.717, 1.165) is 4.31 Å². The van der Waals surface area contributed by atoms with E-state index in [2.05, 4.69) is 5.10 Å². The van der Waals surface area contributed by atoms with Gasteiger partial charge in [0.1, 0.15) is 10.7 Å². The molecule has 0 aliphatic rings. The van der Waals surface area contributed by atoms with Gasteiger partial charge in [-0.1, -0.05) is 6.07 Å². The predicted molar refractivity (Wildman–Crippen MR) is 75.9 cm³/mol. The Hall–Kier alpha value is -1.93. The molecule has 0 saturated heterocycles. The average molecular weight is 313 g/mol. The van der Waals surface area contributed by atoms with Crippen molar-refractivity contribution in [2.24, 2.45) is 0 Å². The smallest absolute Gasteiger partial charge is 0.267 e. The highest BCUT2D eigenvalue weighted by Crippen LogP contribution is 2.23. The summed E-state index contributed by atoms with van der Waals surface area (Å²) in [6.45, 7) is 1.90. The number of sulfonamides is 1. The Morgan fingerprint density at radius 1 is 1.43 bits per heavy atom. The van der Waals surface area contributed by atoms with Crippen molar-refractivity contribution in [3.8, 4) is 0 Å². The molecule has 0 atom stereocenters. The van der Waals surface area contributed by atoms with Crippen molar-refractivity contribution in [3.63, 3.8) is 0 Å². The van der Waals surface area contributed by atoms with E-state index in [0.29, 0.717) is 0 Å². The van der Waals surface area contributed by atoms with Crippen molar-refractivity contribution in [2.45, 2.75) is 18.4 Å². The molecule has 1 heterocycles. The zero-order valence-electron chi connectivity index (χ0n) is 11.5. The summed E-state index contributed by atoms with van der Waals surface area (Å²) >= 11 is 0. The van der Waals surface area contributed by atoms with Crippen LogP contribution < -0.4 is 4.31 Å². The van der Waals surface area contributed by atoms with Gasteiger partial charge in [0.05, 0.1) is 25.0 Å². The van der Waals surface area contributed by atoms with Crippen molar-refractivity contribution in [3.05, 3.63) is 42.5 Å². The van der Waals surface area contributed by atoms with Gasteiger partial charge in [0.2, 0.25) is 0 Å². The van der Waals surface area contributed by atoms with E-state index in [4.69, 9.17) is 5.11 Å². The largest absolute Gasteiger partial charge is 0.394 e. The first-order valence-electron chi connectivity index (χ1n) is 6.40. The minimum atomic E-state index is -3.82. The number of aliphatic hydroxyl groups is 1. The monoisotopic (exact) mass is 313 g/mol. The van der Waals surface area contributed by atoms with Crippen LogP contribution in [0.1, 0.15) is 6.92 Å². The molecule has 0 unspecified atom stereocenters. The van der Waals surface area contributed by atoms with Gasteiger partial charge in [-0.05, 0) is 25.1 Å². The molecule has 8 heteroatoms. The highest BCUT2D eigenvalue weighted by molar-refractivity contribution is 7.92. The molecule has 0 amide bonds. The van der Waals surface area contributed by atoms with E-state index in [1.54, 1.807) is 6.92 Å². The highest BCUT2D eigenvalue weighted by Gasteiger charge is 2.25. The lowest BCUT2D eigenvalue weighted by Crippen LogP contribution is -2.30. The van der Waals surface area contributed by atoms with Gasteiger partial charge < -0.3 is 5.11 Å². The molecule has 1 aromatic carbocycles. The second kappa shape index (κ2) is 6.23. The summed E-state index contributed by atoms with van der Waals surface area (Å²) < 4.78 is 40.9. The molecular weight excluding hydrogens is 297 g/mol. The third-order valence-electron chi connectivity index (χ3n) is 2.91. The minimum Gasteiger partial charge on any atom is -0.394 e. The lowest BCUT2D eigenvalue weighted by atomic mass is 10.3. The third kappa shape index (κ3) is 3.22. The molecule has 0 saturated carbocycles. The van der Waals surface area contributed by atoms with Gasteiger partial charge >= 0.3 is 0 Å². The van der Waals surface area contributed by atoms with Crippen molar-refractivity contribution in [1.29, 1.82) is 0 Å². The molecule has 2 aromatic rings. The molecule has 0 radical (unpaired) electrons. The van der Waals surface area contributed by atoms with Crippen molar-refractivity contribution in [1.82, 2.24) is 9.78 Å². The van der Waals surface area contributed by atoms with Crippen LogP contribution in [0.2, 0.25) is 0 Å². The molecule has 0 aliphatic carbocycles. The fourth-order valence-electron chi connectivity index (χ4n) is 1.95. The number of aromatic nitrogens is 2. The molecule has 21 heavy (non-hydrogen) atoms. The molecule has 0 bridgehead atoms. The molecule has 0 fully saturated rings. The van der Waals surface area contributed by atoms with Gasteiger partial charge in [-0.25, -0.2) is 12.8 Å². The maximum Gasteiger partial charge on any atom is 0.267 e. The number of hydrogen-bond acceptors (Lipinski definition) is 4. The highest BCUT2D eigenvalue weighted by atomic mass is 32.2. The number of aliphatic hydroxyl groups excluding tert-OH is 1. The summed E-state index contributed by atoms with van der Waals surface area (Å²) in [6.07, 6.45) is 2.56. The van der Waals surface area contributed by atoms with Crippen LogP contribution in [-0.2, 0) is 16.6 Å². The van der Waals surface area contributed by atoms with Crippen LogP contribution >= 0.6 is 0 Å². The second-order valence-electron chi connectivity index (χ2n) is 4.31. The summed E-state index contributed by atoms with van der Waals surface area (Å²) in [6, 6.07) is 5.41. The van der Waals surface area contributed by atoms with Crippen LogP contribution in [0, 0.1) is 5.82 Å². The third-order valence-corrected chi connectivity index (χ3v) is 4.77. The maximum atomic E-state index is 13.3. The topological polar surface area (TPSA) is 75.4 Å². The van der Waals surface area contributed by atoms with Crippen LogP contribution in [0.15, 0.2) is 41.6 Å². The molecule has 114 valence electrons. The van der Waals surface area contributed by atoms with Crippen LogP contribution in [0.25, 0.3) is 0 Å². The van der Waals surface area contributed by atoms with Crippen molar-refractivity contribution < 1.29 is 17.9 Å². The van der Waals surface area contributed by atoms with Gasteiger partial charge in [0.15, 0.2) is 0 Å². The van der Waals surface area contributed by atoms with E-state index in [-0.39, 0.29) is 30.3 Å². The van der Waals surface area contributed by atoms with Crippen molar-refractivity contribution in [2.75, 3.05) is 17.5 Å². The Balaban J connectivity index is 2.39. The lowest BCUT2D eigenvalue weighted by molar-refractivity contribution is 0.269. The zero-order chi connectivity index (χ0) is 15.5. The molecule has 6 nitrogen and oxygen atoms in total. The Bertz CT molecular complexity index is 715. The summed E-state index contributed by atoms with van der Waals surface area (Å²) in [5.74, 6) is -0.503. The van der Waals surface area contributed by atoms with Gasteiger partial charge in [0, 0.05) is 12.7 Å². The van der Waals surface area contributed by atoms with E-state index in [1.807, 2.05) is 0 Å². The van der Waals surface area contributed by atoms with Gasteiger partial charge in [-0.15, -0.1) is 0 Å². The summed E-state index contributed by atoms with van der Waals surface area (Å²) in [4.78, 5) is 0.00191. The van der Waals surface area contributed by atoms with Gasteiger partial charge in [-0.2, -0.15) is 5.10 Å². The Morgan fingerprint density at radius 3 is 2.81 bits per heavy atom. The lowest BCUT2D eigenvalue weighted by Gasteiger charge is -2.21. The Morgan fingerprint density at radius 2 is 2.19 bits per heavy atom. The number of nitrogens with zero attached hydrogens (tertiary/aromatic N) is 3. The number of benzene rings is 1. The van der Waals surface area contributed by atoms with Crippen LogP contribution in [0.5, 0.6) is 0 Å². The first-order valence-corrected chi connectivity index (χ1v) is 7.84. The SMILES string of the molecule is CCN(c1cccc(F)c1)S(=O)(=O)c1cnn(CCO)c1. The number of hydrogen-bond donors (Lipinski definition) is 1. The van der Waals surface area contributed by atoms with E-state index < -0.39 is 15.8 Å². The standard InChI is InChI=1S/C13H16FN3O3S/c1-2-17(12-5-3-4-11(14)8-12)21(19,20)13-9-15-16(10-13)6-7-18/h3-5,8-10,18H,2,6-7H2,1H3. The molecule has 0 aliphatic heterocycles. The average Bonchev–Trinajstić information content (AvgIpc) is 2.89. The van der Waals surface area contributed by atoms with Crippen LogP contribution in [-0.4, -0.2) is 36.5 Å². The zero-order valence-corrected chi connectivity index (χ0v) is 12.3. The van der Waals surface area contributed by atoms with E-state index in [9.17, 15) is 12.8 Å². The Kier molecular flexibility index (Phi) is 4.59. The first-order chi connectivity index (χ1) is 9.98. The maximum absolute atomic E-state index is 13.3. The summed E-state index contributed by atoms with van der Waals surface area (Å²) in [5.41, 5.74) is 0.257. The van der Waals surface area contributed by atoms with Crippen molar-refractivity contribution >= 4 is 15.7 Å². The Labute approximate surface area is 122 Å². The van der Waals surface area contributed by atoms with Crippen LogP contribution in [0.4, 0.5) is 10.1 Å². The summed E-state index contributed by atoms with van der Waals surface area (Å²) in [7, 11) is -3.82. The van der Waals surface area contributed by atoms with Gasteiger partial charge in [0.25, 0.3) is 10.0 Å².